The Hall–Kier alpha value is -0.620. The first kappa shape index (κ1) is 14.4. The van der Waals surface area contributed by atoms with Gasteiger partial charge in [-0.1, -0.05) is 0 Å². The van der Waals surface area contributed by atoms with Crippen LogP contribution in [0.4, 0.5) is 0 Å². The Bertz CT molecular complexity index is 297. The van der Waals surface area contributed by atoms with Crippen molar-refractivity contribution in [1.82, 2.24) is 4.90 Å². The summed E-state index contributed by atoms with van der Waals surface area (Å²) in [6.07, 6.45) is 1.15. The van der Waals surface area contributed by atoms with Crippen molar-refractivity contribution in [2.45, 2.75) is 20.0 Å². The van der Waals surface area contributed by atoms with Crippen LogP contribution in [0.3, 0.4) is 0 Å². The number of hydrogen-bond acceptors (Lipinski definition) is 4. The van der Waals surface area contributed by atoms with Gasteiger partial charge in [0, 0.05) is 19.8 Å². The molecular formula is C9H19NO4S. The second kappa shape index (κ2) is 6.07. The van der Waals surface area contributed by atoms with Crippen LogP contribution in [0.5, 0.6) is 0 Å². The van der Waals surface area contributed by atoms with Gasteiger partial charge in [0.1, 0.15) is 16.4 Å². The molecule has 0 saturated heterocycles. The SMILES string of the molecule is CC(C)OCC(=O)N(C)CCS(C)(=O)=O. The van der Waals surface area contributed by atoms with E-state index in [1.807, 2.05) is 13.8 Å². The summed E-state index contributed by atoms with van der Waals surface area (Å²) in [6, 6.07) is 0. The molecule has 0 rings (SSSR count). The van der Waals surface area contributed by atoms with Gasteiger partial charge in [0.2, 0.25) is 5.91 Å². The molecule has 0 N–H and O–H groups in total. The summed E-state index contributed by atoms with van der Waals surface area (Å²) in [4.78, 5) is 12.7. The molecule has 0 aromatic heterocycles. The second-order valence-electron chi connectivity index (χ2n) is 3.80. The predicted molar refractivity (Wildman–Crippen MR) is 58.4 cm³/mol. The van der Waals surface area contributed by atoms with Crippen LogP contribution in [0, 0.1) is 0 Å². The molecule has 6 heteroatoms. The highest BCUT2D eigenvalue weighted by molar-refractivity contribution is 7.90. The van der Waals surface area contributed by atoms with Crippen LogP contribution < -0.4 is 0 Å². The minimum absolute atomic E-state index is 0.00205. The maximum Gasteiger partial charge on any atom is 0.248 e. The summed E-state index contributed by atoms with van der Waals surface area (Å²) in [6.45, 7) is 3.88. The zero-order valence-electron chi connectivity index (χ0n) is 9.69. The number of ether oxygens (including phenoxy) is 1. The number of sulfone groups is 1. The first-order valence-corrected chi connectivity index (χ1v) is 6.81. The third-order valence-electron chi connectivity index (χ3n) is 1.76. The van der Waals surface area contributed by atoms with Crippen LogP contribution in [0.15, 0.2) is 0 Å². The van der Waals surface area contributed by atoms with Crippen LogP contribution in [-0.2, 0) is 19.4 Å². The highest BCUT2D eigenvalue weighted by Gasteiger charge is 2.12. The molecule has 15 heavy (non-hydrogen) atoms. The number of rotatable bonds is 6. The molecule has 90 valence electrons. The van der Waals surface area contributed by atoms with Crippen molar-refractivity contribution in [2.24, 2.45) is 0 Å². The molecule has 0 heterocycles. The maximum atomic E-state index is 11.4. The zero-order valence-corrected chi connectivity index (χ0v) is 10.5. The van der Waals surface area contributed by atoms with Crippen LogP contribution >= 0.6 is 0 Å². The van der Waals surface area contributed by atoms with Gasteiger partial charge in [0.15, 0.2) is 0 Å². The van der Waals surface area contributed by atoms with Crippen LogP contribution in [0.25, 0.3) is 0 Å². The van der Waals surface area contributed by atoms with Crippen LogP contribution in [0.1, 0.15) is 13.8 Å². The van der Waals surface area contributed by atoms with Crippen LogP contribution in [-0.4, -0.2) is 57.5 Å². The number of hydrogen-bond donors (Lipinski definition) is 0. The smallest absolute Gasteiger partial charge is 0.248 e. The molecule has 0 fully saturated rings. The Morgan fingerprint density at radius 1 is 1.40 bits per heavy atom. The minimum Gasteiger partial charge on any atom is -0.369 e. The van der Waals surface area contributed by atoms with E-state index in [1.165, 1.54) is 4.90 Å². The van der Waals surface area contributed by atoms with Crippen LogP contribution in [0.2, 0.25) is 0 Å². The van der Waals surface area contributed by atoms with Crippen molar-refractivity contribution in [3.63, 3.8) is 0 Å². The van der Waals surface area contributed by atoms with E-state index in [4.69, 9.17) is 4.74 Å². The Kier molecular flexibility index (Phi) is 5.82. The molecule has 0 radical (unpaired) electrons. The van der Waals surface area contributed by atoms with Crippen molar-refractivity contribution < 1.29 is 17.9 Å². The van der Waals surface area contributed by atoms with E-state index in [-0.39, 0.29) is 30.9 Å². The Labute approximate surface area is 91.3 Å². The summed E-state index contributed by atoms with van der Waals surface area (Å²) in [5, 5.41) is 0. The third-order valence-corrected chi connectivity index (χ3v) is 2.69. The van der Waals surface area contributed by atoms with E-state index in [0.717, 1.165) is 6.26 Å². The Morgan fingerprint density at radius 2 is 1.93 bits per heavy atom. The number of amides is 1. The Balaban J connectivity index is 3.90. The summed E-state index contributed by atoms with van der Waals surface area (Å²) in [5.74, 6) is -0.218. The lowest BCUT2D eigenvalue weighted by Crippen LogP contribution is -2.34. The summed E-state index contributed by atoms with van der Waals surface area (Å²) in [5.41, 5.74) is 0. The van der Waals surface area contributed by atoms with Crippen molar-refractivity contribution in [3.8, 4) is 0 Å². The monoisotopic (exact) mass is 237 g/mol. The van der Waals surface area contributed by atoms with E-state index in [2.05, 4.69) is 0 Å². The van der Waals surface area contributed by atoms with E-state index < -0.39 is 9.84 Å². The molecule has 0 aliphatic heterocycles. The van der Waals surface area contributed by atoms with Crippen molar-refractivity contribution in [3.05, 3.63) is 0 Å². The van der Waals surface area contributed by atoms with E-state index in [0.29, 0.717) is 0 Å². The molecule has 0 atom stereocenters. The lowest BCUT2D eigenvalue weighted by Gasteiger charge is -2.17. The first-order valence-electron chi connectivity index (χ1n) is 4.75. The topological polar surface area (TPSA) is 63.7 Å². The lowest BCUT2D eigenvalue weighted by atomic mass is 10.4. The van der Waals surface area contributed by atoms with Crippen molar-refractivity contribution in [2.75, 3.05) is 32.2 Å². The molecule has 5 nitrogen and oxygen atoms in total. The van der Waals surface area contributed by atoms with Gasteiger partial charge >= 0.3 is 0 Å². The van der Waals surface area contributed by atoms with Crippen molar-refractivity contribution in [1.29, 1.82) is 0 Å². The third kappa shape index (κ3) is 8.38. The van der Waals surface area contributed by atoms with Gasteiger partial charge in [0.05, 0.1) is 11.9 Å². The zero-order chi connectivity index (χ0) is 12.1. The minimum atomic E-state index is -3.02. The number of likely N-dealkylation sites (N-methyl/N-ethyl adjacent to an activating group) is 1. The Morgan fingerprint density at radius 3 is 2.33 bits per heavy atom. The largest absolute Gasteiger partial charge is 0.369 e. The molecule has 0 aromatic rings. The molecule has 0 aliphatic carbocycles. The second-order valence-corrected chi connectivity index (χ2v) is 6.06. The molecule has 0 bridgehead atoms. The molecular weight excluding hydrogens is 218 g/mol. The van der Waals surface area contributed by atoms with Gasteiger partial charge < -0.3 is 9.64 Å². The average Bonchev–Trinajstić information content (AvgIpc) is 2.08. The predicted octanol–water partition coefficient (Wildman–Crippen LogP) is -0.0856. The van der Waals surface area contributed by atoms with Gasteiger partial charge in [-0.25, -0.2) is 8.42 Å². The quantitative estimate of drug-likeness (QED) is 0.648. The number of nitrogens with zero attached hydrogens (tertiary/aromatic N) is 1. The summed E-state index contributed by atoms with van der Waals surface area (Å²) < 4.78 is 26.8. The molecule has 0 aliphatic rings. The van der Waals surface area contributed by atoms with Gasteiger partial charge in [-0.3, -0.25) is 4.79 Å². The summed E-state index contributed by atoms with van der Waals surface area (Å²) >= 11 is 0. The standard InChI is InChI=1S/C9H19NO4S/c1-8(2)14-7-9(11)10(3)5-6-15(4,12)13/h8H,5-7H2,1-4H3. The van der Waals surface area contributed by atoms with Gasteiger partial charge in [-0.2, -0.15) is 0 Å². The number of carbonyl (C=O) groups is 1. The maximum absolute atomic E-state index is 11.4. The lowest BCUT2D eigenvalue weighted by molar-refractivity contribution is -0.135. The molecule has 0 spiro atoms. The normalized spacial score (nSPS) is 11.8. The van der Waals surface area contributed by atoms with E-state index >= 15 is 0 Å². The first-order chi connectivity index (χ1) is 6.72. The van der Waals surface area contributed by atoms with E-state index in [1.54, 1.807) is 7.05 Å². The highest BCUT2D eigenvalue weighted by Crippen LogP contribution is 1.93. The molecule has 1 amide bonds. The highest BCUT2D eigenvalue weighted by atomic mass is 32.2. The van der Waals surface area contributed by atoms with Gasteiger partial charge in [0.25, 0.3) is 0 Å². The van der Waals surface area contributed by atoms with Gasteiger partial charge in [-0.05, 0) is 13.8 Å². The molecule has 0 aromatic carbocycles. The number of carbonyl (C=O) groups excluding carboxylic acids is 1. The van der Waals surface area contributed by atoms with E-state index in [9.17, 15) is 13.2 Å². The summed E-state index contributed by atoms with van der Waals surface area (Å²) in [7, 11) is -1.45. The van der Waals surface area contributed by atoms with Gasteiger partial charge in [-0.15, -0.1) is 0 Å². The fraction of sp³-hybridized carbons (Fsp3) is 0.889. The van der Waals surface area contributed by atoms with Crippen molar-refractivity contribution >= 4 is 15.7 Å². The molecule has 0 saturated carbocycles. The molecule has 0 unspecified atom stereocenters. The average molecular weight is 237 g/mol. The fourth-order valence-electron chi connectivity index (χ4n) is 0.776. The fourth-order valence-corrected chi connectivity index (χ4v) is 1.38.